The summed E-state index contributed by atoms with van der Waals surface area (Å²) in [5, 5.41) is 9.39. The topological polar surface area (TPSA) is 117 Å². The molecule has 6 heterocycles. The van der Waals surface area contributed by atoms with Gasteiger partial charge in [-0.15, -0.1) is 0 Å². The Bertz CT molecular complexity index is 8440. The highest BCUT2D eigenvalue weighted by Crippen LogP contribution is 2.46. The summed E-state index contributed by atoms with van der Waals surface area (Å²) in [6.07, 6.45) is 0. The number of nitrogens with zero attached hydrogens (tertiary/aromatic N) is 6. The van der Waals surface area contributed by atoms with E-state index in [1.807, 2.05) is 121 Å². The molecule has 6 aromatic heterocycles. The van der Waals surface area contributed by atoms with Crippen molar-refractivity contribution in [1.82, 2.24) is 29.9 Å². The number of para-hydroxylation sites is 3. The number of furan rings is 3. The van der Waals surface area contributed by atoms with Gasteiger partial charge < -0.3 is 13.3 Å². The number of hydrogen-bond acceptors (Lipinski definition) is 9. The van der Waals surface area contributed by atoms with E-state index in [0.29, 0.717) is 17.5 Å². The van der Waals surface area contributed by atoms with Gasteiger partial charge in [0.2, 0.25) is 0 Å². The zero-order valence-electron chi connectivity index (χ0n) is 69.8. The standard InChI is InChI=1S/C50H32N2O.C38H24N2O.C32H20N2O/c1-4-14-33(15-5-1)40-30-41(34-16-6-2-7-17-34)32-42(31-40)38-22-12-20-36(28-38)37-21-13-23-39(29-37)50-51-44-26-27-46-47(43-24-10-11-25-45(43)53-46)48(44)49(52-50)35-18-8-3-9-19-35;1-3-10-25(11-4-1)29-14-9-15-30(24-29)26-18-20-28(21-19-26)38-39-32-22-23-34-35(31-16-7-8-17-33(31)41-34)36(32)37(40-38)27-12-5-2-6-13-27;1-3-9-21(10-4-1)22-15-17-23(18-16-22)31-30-26(33-32(34-31)24-11-5-2-6-12-24)19-20-28-29(30)25-13-7-8-14-27(25)35-28/h1-32H;1-24H;1-20H. The van der Waals surface area contributed by atoms with Gasteiger partial charge in [0, 0.05) is 81.9 Å². The van der Waals surface area contributed by atoms with Crippen molar-refractivity contribution in [3.8, 4) is 146 Å². The van der Waals surface area contributed by atoms with Crippen LogP contribution in [0.2, 0.25) is 0 Å². The van der Waals surface area contributed by atoms with Gasteiger partial charge in [0.25, 0.3) is 0 Å². The van der Waals surface area contributed by atoms with Crippen LogP contribution in [0.1, 0.15) is 0 Å². The van der Waals surface area contributed by atoms with E-state index in [2.05, 4.69) is 340 Å². The van der Waals surface area contributed by atoms with Crippen molar-refractivity contribution in [2.24, 2.45) is 0 Å². The molecule has 0 radical (unpaired) electrons. The molecule has 25 rings (SSSR count). The summed E-state index contributed by atoms with van der Waals surface area (Å²) in [5.74, 6) is 2.10. The zero-order chi connectivity index (χ0) is 85.5. The van der Waals surface area contributed by atoms with E-state index >= 15 is 0 Å². The summed E-state index contributed by atoms with van der Waals surface area (Å²) < 4.78 is 18.7. The average molecular weight is 1650 g/mol. The van der Waals surface area contributed by atoms with E-state index in [-0.39, 0.29) is 0 Å². The monoisotopic (exact) mass is 1650 g/mol. The Kier molecular flexibility index (Phi) is 19.8. The van der Waals surface area contributed by atoms with Crippen molar-refractivity contribution in [3.05, 3.63) is 461 Å². The molecule has 0 saturated heterocycles. The predicted octanol–water partition coefficient (Wildman–Crippen LogP) is 32.3. The minimum Gasteiger partial charge on any atom is -0.456 e. The summed E-state index contributed by atoms with van der Waals surface area (Å²) in [4.78, 5) is 30.9. The number of aromatic nitrogens is 6. The van der Waals surface area contributed by atoms with Gasteiger partial charge in [-0.3, -0.25) is 0 Å². The predicted molar refractivity (Wildman–Crippen MR) is 531 cm³/mol. The highest BCUT2D eigenvalue weighted by Gasteiger charge is 2.24. The van der Waals surface area contributed by atoms with Gasteiger partial charge in [-0.2, -0.15) is 0 Å². The van der Waals surface area contributed by atoms with Crippen LogP contribution in [0.3, 0.4) is 0 Å². The van der Waals surface area contributed by atoms with E-state index in [9.17, 15) is 0 Å². The SMILES string of the molecule is c1ccc(-c2cc(-c3ccccc3)cc(-c3cccc(-c4cccc(-c5nc(-c6ccccc6)c6c(ccc7oc8ccccc8c76)n5)c4)c3)c2)cc1.c1ccc(-c2ccc(-c3nc(-c4ccccc4)nc4ccc5oc6ccccc6c5c34)cc2)cc1.c1ccc(-c2cccc(-c3ccc(-c4nc(-c5ccccc5)c5c(ccc6oc7ccccc7c65)n4)cc3)c2)cc1. The first-order valence-electron chi connectivity index (χ1n) is 43.3. The Hall–Kier alpha value is -17.4. The number of fused-ring (bicyclic) bond motifs is 15. The first-order chi connectivity index (χ1) is 63.9. The number of hydrogen-bond donors (Lipinski definition) is 0. The van der Waals surface area contributed by atoms with Crippen LogP contribution < -0.4 is 0 Å². The third-order valence-corrected chi connectivity index (χ3v) is 24.2. The maximum Gasteiger partial charge on any atom is 0.160 e. The Morgan fingerprint density at radius 3 is 0.698 bits per heavy atom. The quantitative estimate of drug-likeness (QED) is 0.111. The van der Waals surface area contributed by atoms with Gasteiger partial charge in [-0.25, -0.2) is 29.9 Å². The van der Waals surface area contributed by atoms with Crippen molar-refractivity contribution in [3.63, 3.8) is 0 Å². The molecule has 0 spiro atoms. The molecule has 0 fully saturated rings. The molecule has 19 aromatic carbocycles. The van der Waals surface area contributed by atoms with Crippen molar-refractivity contribution in [2.75, 3.05) is 0 Å². The fourth-order valence-corrected chi connectivity index (χ4v) is 18.0. The smallest absolute Gasteiger partial charge is 0.160 e. The molecule has 25 aromatic rings. The second kappa shape index (κ2) is 33.3. The Morgan fingerprint density at radius 2 is 0.333 bits per heavy atom. The van der Waals surface area contributed by atoms with Gasteiger partial charge in [0.15, 0.2) is 17.5 Å². The average Bonchev–Trinajstić information content (AvgIpc) is 1.66. The molecule has 0 unspecified atom stereocenters. The highest BCUT2D eigenvalue weighted by atomic mass is 16.3. The van der Waals surface area contributed by atoms with Crippen LogP contribution in [0.4, 0.5) is 0 Å². The minimum absolute atomic E-state index is 0.685. The maximum atomic E-state index is 6.27. The van der Waals surface area contributed by atoms with Crippen molar-refractivity contribution in [1.29, 1.82) is 0 Å². The van der Waals surface area contributed by atoms with E-state index < -0.39 is 0 Å². The molecule has 0 atom stereocenters. The number of benzene rings is 19. The summed E-state index contributed by atoms with van der Waals surface area (Å²) in [5.41, 5.74) is 33.0. The fourth-order valence-electron chi connectivity index (χ4n) is 18.0. The van der Waals surface area contributed by atoms with Crippen LogP contribution >= 0.6 is 0 Å². The Balaban J connectivity index is 0.000000113. The Morgan fingerprint density at radius 1 is 0.124 bits per heavy atom. The second-order valence-corrected chi connectivity index (χ2v) is 32.2. The molecule has 0 bridgehead atoms. The summed E-state index contributed by atoms with van der Waals surface area (Å²) in [6.45, 7) is 0. The summed E-state index contributed by atoms with van der Waals surface area (Å²) in [6, 6.07) is 160. The molecular weight excluding hydrogens is 1570 g/mol. The van der Waals surface area contributed by atoms with Gasteiger partial charge in [-0.05, 0) is 169 Å². The van der Waals surface area contributed by atoms with Gasteiger partial charge in [0.05, 0.1) is 33.6 Å². The van der Waals surface area contributed by atoms with Crippen LogP contribution in [-0.4, -0.2) is 29.9 Å². The third-order valence-electron chi connectivity index (χ3n) is 24.2. The fraction of sp³-hybridized carbons (Fsp3) is 0. The normalized spacial score (nSPS) is 11.4. The lowest BCUT2D eigenvalue weighted by atomic mass is 9.92. The van der Waals surface area contributed by atoms with Crippen molar-refractivity contribution >= 4 is 98.5 Å². The first-order valence-corrected chi connectivity index (χ1v) is 43.3. The lowest BCUT2D eigenvalue weighted by Gasteiger charge is -2.13. The van der Waals surface area contributed by atoms with Crippen LogP contribution in [0.15, 0.2) is 474 Å². The van der Waals surface area contributed by atoms with Crippen LogP contribution in [0.5, 0.6) is 0 Å². The molecule has 0 aliphatic carbocycles. The maximum absolute atomic E-state index is 6.27. The molecule has 0 aliphatic rings. The molecule has 0 N–H and O–H groups in total. The molecule has 9 nitrogen and oxygen atoms in total. The van der Waals surface area contributed by atoms with E-state index in [4.69, 9.17) is 43.2 Å². The van der Waals surface area contributed by atoms with Crippen LogP contribution in [0.25, 0.3) is 244 Å². The highest BCUT2D eigenvalue weighted by molar-refractivity contribution is 6.24. The van der Waals surface area contributed by atoms with Crippen LogP contribution in [-0.2, 0) is 0 Å². The van der Waals surface area contributed by atoms with E-state index in [0.717, 1.165) is 171 Å². The molecule has 0 saturated carbocycles. The van der Waals surface area contributed by atoms with Gasteiger partial charge in [-0.1, -0.05) is 370 Å². The lowest BCUT2D eigenvalue weighted by molar-refractivity contribution is 0.669. The Labute approximate surface area is 743 Å². The molecule has 129 heavy (non-hydrogen) atoms. The molecule has 604 valence electrons. The molecule has 0 amide bonds. The van der Waals surface area contributed by atoms with E-state index in [1.165, 1.54) is 55.6 Å². The molecular formula is C120H76N6O3. The molecule has 9 heteroatoms. The first kappa shape index (κ1) is 76.5. The number of rotatable bonds is 13. The van der Waals surface area contributed by atoms with Crippen LogP contribution in [0, 0.1) is 0 Å². The molecule has 0 aliphatic heterocycles. The van der Waals surface area contributed by atoms with Gasteiger partial charge in [0.1, 0.15) is 33.5 Å². The second-order valence-electron chi connectivity index (χ2n) is 32.2. The zero-order valence-corrected chi connectivity index (χ0v) is 69.8. The summed E-state index contributed by atoms with van der Waals surface area (Å²) in [7, 11) is 0. The van der Waals surface area contributed by atoms with E-state index in [1.54, 1.807) is 0 Å². The summed E-state index contributed by atoms with van der Waals surface area (Å²) >= 11 is 0. The minimum atomic E-state index is 0.685. The largest absolute Gasteiger partial charge is 0.456 e. The third kappa shape index (κ3) is 14.8. The van der Waals surface area contributed by atoms with Crippen molar-refractivity contribution in [2.45, 2.75) is 0 Å². The van der Waals surface area contributed by atoms with Crippen molar-refractivity contribution < 1.29 is 13.3 Å². The lowest BCUT2D eigenvalue weighted by Crippen LogP contribution is -1.96. The van der Waals surface area contributed by atoms with Gasteiger partial charge >= 0.3 is 0 Å².